The van der Waals surface area contributed by atoms with E-state index in [1.165, 1.54) is 11.3 Å². The summed E-state index contributed by atoms with van der Waals surface area (Å²) in [6.45, 7) is 2.09. The summed E-state index contributed by atoms with van der Waals surface area (Å²) >= 11 is 2.94. The van der Waals surface area contributed by atoms with Crippen molar-refractivity contribution in [2.24, 2.45) is 0 Å². The van der Waals surface area contributed by atoms with Gasteiger partial charge in [-0.1, -0.05) is 42.5 Å². The highest BCUT2D eigenvalue weighted by Gasteiger charge is 2.21. The molecule has 0 aliphatic carbocycles. The zero-order valence-electron chi connectivity index (χ0n) is 15.2. The molecule has 0 saturated heterocycles. The first-order valence-electron chi connectivity index (χ1n) is 8.84. The van der Waals surface area contributed by atoms with E-state index < -0.39 is 5.97 Å². The smallest absolute Gasteiger partial charge is 0.350 e. The highest BCUT2D eigenvalue weighted by atomic mass is 32.1. The highest BCUT2D eigenvalue weighted by Crippen LogP contribution is 2.38. The number of fused-ring (bicyclic) bond motifs is 1. The molecule has 140 valence electrons. The summed E-state index contributed by atoms with van der Waals surface area (Å²) in [6, 6.07) is 16.1. The predicted octanol–water partition coefficient (Wildman–Crippen LogP) is 5.95. The van der Waals surface area contributed by atoms with Gasteiger partial charge in [-0.2, -0.15) is 0 Å². The Labute approximate surface area is 170 Å². The number of hydrogen-bond donors (Lipinski definition) is 1. The number of anilines is 1. The molecular weight excluding hydrogens is 388 g/mol. The number of carbonyl (C=O) groups is 1. The van der Waals surface area contributed by atoms with Crippen molar-refractivity contribution in [3.8, 4) is 11.3 Å². The molecule has 2 N–H and O–H groups in total. The Kier molecular flexibility index (Phi) is 5.23. The lowest BCUT2D eigenvalue weighted by Gasteiger charge is -2.05. The van der Waals surface area contributed by atoms with E-state index >= 15 is 0 Å². The first kappa shape index (κ1) is 18.4. The number of pyridine rings is 1. The zero-order valence-corrected chi connectivity index (χ0v) is 16.8. The van der Waals surface area contributed by atoms with E-state index in [-0.39, 0.29) is 0 Å². The van der Waals surface area contributed by atoms with Gasteiger partial charge >= 0.3 is 5.97 Å². The van der Waals surface area contributed by atoms with E-state index in [0.29, 0.717) is 17.2 Å². The van der Waals surface area contributed by atoms with E-state index in [1.807, 2.05) is 53.9 Å². The fourth-order valence-electron chi connectivity index (χ4n) is 2.94. The van der Waals surface area contributed by atoms with Crippen LogP contribution in [0.4, 0.5) is 5.69 Å². The van der Waals surface area contributed by atoms with Gasteiger partial charge in [0, 0.05) is 15.8 Å². The molecule has 0 unspecified atom stereocenters. The van der Waals surface area contributed by atoms with Crippen molar-refractivity contribution in [1.29, 1.82) is 0 Å². The molecule has 3 aromatic heterocycles. The van der Waals surface area contributed by atoms with Crippen LogP contribution in [0.1, 0.15) is 27.0 Å². The van der Waals surface area contributed by atoms with Gasteiger partial charge in [0.25, 0.3) is 0 Å². The molecule has 4 aromatic rings. The normalized spacial score (nSPS) is 11.3. The summed E-state index contributed by atoms with van der Waals surface area (Å²) < 4.78 is 5.16. The Morgan fingerprint density at radius 3 is 2.71 bits per heavy atom. The van der Waals surface area contributed by atoms with Crippen molar-refractivity contribution in [3.63, 3.8) is 0 Å². The standard InChI is InChI=1S/C22H18N2O2S2/c1-2-26-22(25)20-19(23)18-15(10-11-16-9-6-12-27-16)13-17(24-21(18)28-20)14-7-4-3-5-8-14/h3-13H,2,23H2,1H3/b11-10+. The van der Waals surface area contributed by atoms with Crippen molar-refractivity contribution in [3.05, 3.63) is 69.2 Å². The van der Waals surface area contributed by atoms with Crippen LogP contribution in [0.2, 0.25) is 0 Å². The third-order valence-electron chi connectivity index (χ3n) is 4.23. The second-order valence-electron chi connectivity index (χ2n) is 6.06. The van der Waals surface area contributed by atoms with E-state index in [9.17, 15) is 4.79 Å². The second kappa shape index (κ2) is 7.96. The number of rotatable bonds is 5. The van der Waals surface area contributed by atoms with Crippen molar-refractivity contribution in [1.82, 2.24) is 4.98 Å². The molecule has 0 saturated carbocycles. The quantitative estimate of drug-likeness (QED) is 0.416. The molecular formula is C22H18N2O2S2. The minimum atomic E-state index is -0.405. The number of nitrogens with zero attached hydrogens (tertiary/aromatic N) is 1. The van der Waals surface area contributed by atoms with Crippen molar-refractivity contribution >= 4 is 56.7 Å². The van der Waals surface area contributed by atoms with Crippen LogP contribution < -0.4 is 5.73 Å². The van der Waals surface area contributed by atoms with Crippen molar-refractivity contribution in [2.45, 2.75) is 6.92 Å². The minimum Gasteiger partial charge on any atom is -0.462 e. The number of nitrogen functional groups attached to an aromatic ring is 1. The fraction of sp³-hybridized carbons (Fsp3) is 0.0909. The Morgan fingerprint density at radius 1 is 1.18 bits per heavy atom. The first-order chi connectivity index (χ1) is 13.7. The van der Waals surface area contributed by atoms with E-state index in [1.54, 1.807) is 18.3 Å². The molecule has 0 fully saturated rings. The zero-order chi connectivity index (χ0) is 19.5. The largest absolute Gasteiger partial charge is 0.462 e. The molecule has 1 aromatic carbocycles. The number of aromatic nitrogens is 1. The Bertz CT molecular complexity index is 1150. The minimum absolute atomic E-state index is 0.306. The summed E-state index contributed by atoms with van der Waals surface area (Å²) in [5.74, 6) is -0.405. The van der Waals surface area contributed by atoms with Crippen LogP contribution >= 0.6 is 22.7 Å². The van der Waals surface area contributed by atoms with Crippen LogP contribution in [-0.4, -0.2) is 17.6 Å². The summed E-state index contributed by atoms with van der Waals surface area (Å²) in [7, 11) is 0. The van der Waals surface area contributed by atoms with Crippen molar-refractivity contribution in [2.75, 3.05) is 12.3 Å². The molecule has 0 atom stereocenters. The van der Waals surface area contributed by atoms with Gasteiger partial charge in [-0.3, -0.25) is 0 Å². The lowest BCUT2D eigenvalue weighted by Crippen LogP contribution is -2.04. The number of thiophene rings is 2. The summed E-state index contributed by atoms with van der Waals surface area (Å²) in [5, 5.41) is 2.83. The number of ether oxygens (including phenoxy) is 1. The molecule has 4 rings (SSSR count). The summed E-state index contributed by atoms with van der Waals surface area (Å²) in [4.78, 5) is 19.4. The molecule has 0 radical (unpaired) electrons. The third-order valence-corrected chi connectivity index (χ3v) is 6.15. The molecule has 6 heteroatoms. The number of benzene rings is 1. The van der Waals surface area contributed by atoms with Crippen LogP contribution in [0, 0.1) is 0 Å². The summed E-state index contributed by atoms with van der Waals surface area (Å²) in [5.41, 5.74) is 9.56. The van der Waals surface area contributed by atoms with Crippen LogP contribution in [0.3, 0.4) is 0 Å². The number of carbonyl (C=O) groups excluding carboxylic acids is 1. The summed E-state index contributed by atoms with van der Waals surface area (Å²) in [6.07, 6.45) is 4.08. The third kappa shape index (κ3) is 3.56. The second-order valence-corrected chi connectivity index (χ2v) is 8.04. The maximum atomic E-state index is 12.3. The van der Waals surface area contributed by atoms with Crippen LogP contribution in [0.5, 0.6) is 0 Å². The van der Waals surface area contributed by atoms with Gasteiger partial charge in [-0.15, -0.1) is 22.7 Å². The number of hydrogen-bond acceptors (Lipinski definition) is 6. The van der Waals surface area contributed by atoms with Crippen molar-refractivity contribution < 1.29 is 9.53 Å². The van der Waals surface area contributed by atoms with Gasteiger partial charge < -0.3 is 10.5 Å². The van der Waals surface area contributed by atoms with Gasteiger partial charge in [-0.25, -0.2) is 9.78 Å². The van der Waals surface area contributed by atoms with E-state index in [0.717, 1.165) is 31.9 Å². The topological polar surface area (TPSA) is 65.2 Å². The first-order valence-corrected chi connectivity index (χ1v) is 10.5. The molecule has 0 amide bonds. The highest BCUT2D eigenvalue weighted by molar-refractivity contribution is 7.21. The monoisotopic (exact) mass is 406 g/mol. The van der Waals surface area contributed by atoms with E-state index in [2.05, 4.69) is 12.1 Å². The average Bonchev–Trinajstić information content (AvgIpc) is 3.35. The number of nitrogens with two attached hydrogens (primary N) is 1. The number of esters is 1. The Hall–Kier alpha value is -2.96. The average molecular weight is 407 g/mol. The van der Waals surface area contributed by atoms with Crippen LogP contribution in [-0.2, 0) is 4.74 Å². The van der Waals surface area contributed by atoms with Gasteiger partial charge in [0.1, 0.15) is 9.71 Å². The van der Waals surface area contributed by atoms with E-state index in [4.69, 9.17) is 15.5 Å². The fourth-order valence-corrected chi connectivity index (χ4v) is 4.58. The Balaban J connectivity index is 1.91. The molecule has 3 heterocycles. The molecule has 28 heavy (non-hydrogen) atoms. The SMILES string of the molecule is CCOC(=O)c1sc2nc(-c3ccccc3)cc(/C=C/c3cccs3)c2c1N. The van der Waals surface area contributed by atoms with Gasteiger partial charge in [0.2, 0.25) is 0 Å². The van der Waals surface area contributed by atoms with Gasteiger partial charge in [0.05, 0.1) is 18.0 Å². The molecule has 0 bridgehead atoms. The van der Waals surface area contributed by atoms with Gasteiger partial charge in [-0.05, 0) is 36.1 Å². The Morgan fingerprint density at radius 2 is 2.00 bits per heavy atom. The molecule has 0 aliphatic rings. The maximum Gasteiger partial charge on any atom is 0.350 e. The molecule has 0 spiro atoms. The lowest BCUT2D eigenvalue weighted by atomic mass is 10.1. The predicted molar refractivity (Wildman–Crippen MR) is 119 cm³/mol. The molecule has 4 nitrogen and oxygen atoms in total. The lowest BCUT2D eigenvalue weighted by molar-refractivity contribution is 0.0533. The maximum absolute atomic E-state index is 12.3. The molecule has 0 aliphatic heterocycles. The van der Waals surface area contributed by atoms with Crippen LogP contribution in [0.25, 0.3) is 33.6 Å². The van der Waals surface area contributed by atoms with Crippen LogP contribution in [0.15, 0.2) is 53.9 Å². The van der Waals surface area contributed by atoms with Gasteiger partial charge in [0.15, 0.2) is 0 Å².